The van der Waals surface area contributed by atoms with Gasteiger partial charge in [0, 0.05) is 11.4 Å². The summed E-state index contributed by atoms with van der Waals surface area (Å²) in [6.45, 7) is 5.46. The van der Waals surface area contributed by atoms with Crippen LogP contribution in [-0.2, 0) is 14.8 Å². The Morgan fingerprint density at radius 2 is 1.65 bits per heavy atom. The number of hydrogen-bond acceptors (Lipinski definition) is 4. The highest BCUT2D eigenvalue weighted by molar-refractivity contribution is 7.92. The molecule has 1 aromatic rings. The van der Waals surface area contributed by atoms with E-state index in [1.54, 1.807) is 38.1 Å². The minimum absolute atomic E-state index is 0. The molecular formula is C15H26ClN3O3S. The van der Waals surface area contributed by atoms with Gasteiger partial charge >= 0.3 is 0 Å². The van der Waals surface area contributed by atoms with Gasteiger partial charge in [-0.25, -0.2) is 8.42 Å². The summed E-state index contributed by atoms with van der Waals surface area (Å²) in [4.78, 5) is 12.1. The van der Waals surface area contributed by atoms with Gasteiger partial charge < -0.3 is 11.1 Å². The molecule has 1 atom stereocenters. The van der Waals surface area contributed by atoms with Crippen LogP contribution in [0.3, 0.4) is 0 Å². The van der Waals surface area contributed by atoms with Crippen molar-refractivity contribution in [3.8, 4) is 0 Å². The van der Waals surface area contributed by atoms with Crippen molar-refractivity contribution >= 4 is 39.7 Å². The van der Waals surface area contributed by atoms with E-state index in [4.69, 9.17) is 5.73 Å². The molecule has 6 nitrogen and oxygen atoms in total. The van der Waals surface area contributed by atoms with Crippen molar-refractivity contribution < 1.29 is 13.2 Å². The van der Waals surface area contributed by atoms with E-state index in [2.05, 4.69) is 10.0 Å². The molecule has 0 saturated heterocycles. The highest BCUT2D eigenvalue weighted by Gasteiger charge is 2.27. The van der Waals surface area contributed by atoms with Gasteiger partial charge in [0.1, 0.15) is 0 Å². The number of sulfonamides is 1. The van der Waals surface area contributed by atoms with Crippen LogP contribution < -0.4 is 15.8 Å². The molecule has 0 aliphatic carbocycles. The van der Waals surface area contributed by atoms with E-state index >= 15 is 0 Å². The fraction of sp³-hybridized carbons (Fsp3) is 0.533. The van der Waals surface area contributed by atoms with Gasteiger partial charge in [-0.2, -0.15) is 0 Å². The topological polar surface area (TPSA) is 101 Å². The van der Waals surface area contributed by atoms with Crippen LogP contribution in [0.15, 0.2) is 24.3 Å². The third-order valence-corrected chi connectivity index (χ3v) is 4.67. The maximum absolute atomic E-state index is 12.1. The van der Waals surface area contributed by atoms with E-state index in [0.717, 1.165) is 6.42 Å². The molecule has 0 spiro atoms. The first-order valence-corrected chi connectivity index (χ1v) is 9.06. The van der Waals surface area contributed by atoms with Crippen LogP contribution in [0.25, 0.3) is 0 Å². The van der Waals surface area contributed by atoms with Crippen LogP contribution in [-0.4, -0.2) is 25.6 Å². The predicted octanol–water partition coefficient (Wildman–Crippen LogP) is 2.72. The summed E-state index contributed by atoms with van der Waals surface area (Å²) in [5.74, 6) is -0.178. The second-order valence-corrected chi connectivity index (χ2v) is 7.46. The number of anilines is 2. The fourth-order valence-corrected chi connectivity index (χ4v) is 3.16. The maximum Gasteiger partial charge on any atom is 0.244 e. The van der Waals surface area contributed by atoms with Gasteiger partial charge in [-0.05, 0) is 44.0 Å². The number of carbonyl (C=O) groups excluding carboxylic acids is 1. The van der Waals surface area contributed by atoms with E-state index in [-0.39, 0.29) is 24.1 Å². The number of hydrogen-bond donors (Lipinski definition) is 3. The molecule has 4 N–H and O–H groups in total. The molecule has 0 radical (unpaired) electrons. The van der Waals surface area contributed by atoms with Crippen LogP contribution in [0.5, 0.6) is 0 Å². The van der Waals surface area contributed by atoms with Crippen molar-refractivity contribution in [2.75, 3.05) is 15.8 Å². The zero-order valence-electron chi connectivity index (χ0n) is 13.8. The molecule has 1 rings (SSSR count). The largest absolute Gasteiger partial charge is 0.325 e. The molecule has 0 bridgehead atoms. The van der Waals surface area contributed by atoms with Gasteiger partial charge in [0.2, 0.25) is 15.9 Å². The van der Waals surface area contributed by atoms with Gasteiger partial charge in [0.05, 0.1) is 11.3 Å². The third kappa shape index (κ3) is 7.20. The van der Waals surface area contributed by atoms with Gasteiger partial charge in [-0.3, -0.25) is 9.52 Å². The smallest absolute Gasteiger partial charge is 0.244 e. The lowest BCUT2D eigenvalue weighted by atomic mass is 9.96. The Kier molecular flexibility index (Phi) is 8.58. The van der Waals surface area contributed by atoms with Crippen molar-refractivity contribution in [3.05, 3.63) is 24.3 Å². The highest BCUT2D eigenvalue weighted by atomic mass is 35.5. The molecule has 0 fully saturated rings. The maximum atomic E-state index is 12.1. The summed E-state index contributed by atoms with van der Waals surface area (Å²) >= 11 is 0. The number of halogens is 1. The van der Waals surface area contributed by atoms with Crippen LogP contribution in [0, 0.1) is 0 Å². The first-order valence-electron chi connectivity index (χ1n) is 7.41. The van der Waals surface area contributed by atoms with Gasteiger partial charge in [0.25, 0.3) is 0 Å². The Hall–Kier alpha value is -1.31. The summed E-state index contributed by atoms with van der Waals surface area (Å²) in [6.07, 6.45) is 1.96. The Balaban J connectivity index is 0.00000484. The molecule has 1 unspecified atom stereocenters. The van der Waals surface area contributed by atoms with E-state index < -0.39 is 15.6 Å². The summed E-state index contributed by atoms with van der Waals surface area (Å²) in [7, 11) is -3.31. The molecule has 0 heterocycles. The monoisotopic (exact) mass is 363 g/mol. The van der Waals surface area contributed by atoms with Gasteiger partial charge in [0.15, 0.2) is 0 Å². The number of carbonyl (C=O) groups is 1. The summed E-state index contributed by atoms with van der Waals surface area (Å²) in [5, 5.41) is 2.74. The van der Waals surface area contributed by atoms with Gasteiger partial charge in [-0.15, -0.1) is 12.4 Å². The average Bonchev–Trinajstić information content (AvgIpc) is 2.40. The van der Waals surface area contributed by atoms with Crippen molar-refractivity contribution in [2.45, 2.75) is 45.6 Å². The Labute approximate surface area is 144 Å². The Morgan fingerprint density at radius 1 is 1.13 bits per heavy atom. The average molecular weight is 364 g/mol. The number of rotatable bonds is 8. The lowest BCUT2D eigenvalue weighted by molar-refractivity contribution is -0.120. The minimum atomic E-state index is -3.31. The number of nitrogens with two attached hydrogens (primary N) is 1. The quantitative estimate of drug-likeness (QED) is 0.660. The molecule has 0 aromatic heterocycles. The Morgan fingerprint density at radius 3 is 2.13 bits per heavy atom. The normalized spacial score (nSPS) is 13.6. The van der Waals surface area contributed by atoms with Crippen LogP contribution in [0.1, 0.15) is 40.0 Å². The second kappa shape index (κ2) is 9.10. The lowest BCUT2D eigenvalue weighted by Gasteiger charge is -2.22. The van der Waals surface area contributed by atoms with Crippen molar-refractivity contribution in [3.63, 3.8) is 0 Å². The third-order valence-electron chi connectivity index (χ3n) is 3.18. The molecular weight excluding hydrogens is 338 g/mol. The molecule has 0 aliphatic heterocycles. The van der Waals surface area contributed by atoms with Crippen LogP contribution in [0.4, 0.5) is 11.4 Å². The van der Waals surface area contributed by atoms with Gasteiger partial charge in [-0.1, -0.05) is 20.3 Å². The summed E-state index contributed by atoms with van der Waals surface area (Å²) < 4.78 is 25.8. The molecule has 23 heavy (non-hydrogen) atoms. The highest BCUT2D eigenvalue weighted by Crippen LogP contribution is 2.17. The van der Waals surface area contributed by atoms with E-state index in [1.165, 1.54) is 0 Å². The summed E-state index contributed by atoms with van der Waals surface area (Å²) in [6, 6.07) is 6.50. The van der Waals surface area contributed by atoms with E-state index in [0.29, 0.717) is 24.2 Å². The first-order chi connectivity index (χ1) is 10.2. The minimum Gasteiger partial charge on any atom is -0.325 e. The van der Waals surface area contributed by atoms with Crippen LogP contribution >= 0.6 is 12.4 Å². The SMILES string of the molecule is CCCC(C)(N)C(=O)Nc1ccc(NS(=O)(=O)CCC)cc1.Cl. The number of nitrogens with one attached hydrogen (secondary N) is 2. The van der Waals surface area contributed by atoms with Crippen molar-refractivity contribution in [2.24, 2.45) is 5.73 Å². The summed E-state index contributed by atoms with van der Waals surface area (Å²) in [5.41, 5.74) is 6.09. The molecule has 0 saturated carbocycles. The zero-order valence-corrected chi connectivity index (χ0v) is 15.4. The second-order valence-electron chi connectivity index (χ2n) is 5.62. The standard InChI is InChI=1S/C15H25N3O3S.ClH/c1-4-10-15(3,16)14(19)17-12-6-8-13(9-7-12)18-22(20,21)11-5-2;/h6-9,18H,4-5,10-11,16H2,1-3H3,(H,17,19);1H. The molecule has 1 aromatic carbocycles. The molecule has 8 heteroatoms. The number of amides is 1. The van der Waals surface area contributed by atoms with E-state index in [9.17, 15) is 13.2 Å². The van der Waals surface area contributed by atoms with E-state index in [1.807, 2.05) is 6.92 Å². The zero-order chi connectivity index (χ0) is 16.8. The Bertz CT molecular complexity index is 601. The number of benzene rings is 1. The molecule has 132 valence electrons. The fourth-order valence-electron chi connectivity index (χ4n) is 2.03. The first kappa shape index (κ1) is 21.7. The molecule has 1 amide bonds. The molecule has 0 aliphatic rings. The van der Waals surface area contributed by atoms with Crippen molar-refractivity contribution in [1.29, 1.82) is 0 Å². The van der Waals surface area contributed by atoms with Crippen LogP contribution in [0.2, 0.25) is 0 Å². The van der Waals surface area contributed by atoms with Crippen molar-refractivity contribution in [1.82, 2.24) is 0 Å². The lowest BCUT2D eigenvalue weighted by Crippen LogP contribution is -2.48. The predicted molar refractivity (Wildman–Crippen MR) is 97.5 cm³/mol.